The third-order valence-corrected chi connectivity index (χ3v) is 4.07. The molecule has 0 bridgehead atoms. The highest BCUT2D eigenvalue weighted by atomic mass is 35.5. The van der Waals surface area contributed by atoms with Crippen LogP contribution in [0.1, 0.15) is 11.1 Å². The highest BCUT2D eigenvalue weighted by molar-refractivity contribution is 6.30. The van der Waals surface area contributed by atoms with Crippen molar-refractivity contribution in [3.05, 3.63) is 58.6 Å². The fourth-order valence-corrected chi connectivity index (χ4v) is 2.86. The summed E-state index contributed by atoms with van der Waals surface area (Å²) in [4.78, 5) is 12.4. The Morgan fingerprint density at radius 3 is 2.90 bits per heavy atom. The summed E-state index contributed by atoms with van der Waals surface area (Å²) in [6, 6.07) is 13.6. The number of anilines is 2. The summed E-state index contributed by atoms with van der Waals surface area (Å²) in [5.74, 6) is -0.0163. The Kier molecular flexibility index (Phi) is 3.84. The van der Waals surface area contributed by atoms with Crippen molar-refractivity contribution in [1.82, 2.24) is 0 Å². The van der Waals surface area contributed by atoms with Crippen molar-refractivity contribution in [3.8, 4) is 0 Å². The number of amides is 1. The van der Waals surface area contributed by atoms with Gasteiger partial charge in [-0.05, 0) is 48.7 Å². The monoisotopic (exact) mass is 300 g/mol. The number of nitrogens with one attached hydrogen (secondary N) is 2. The summed E-state index contributed by atoms with van der Waals surface area (Å²) < 4.78 is 0. The predicted octanol–water partition coefficient (Wildman–Crippen LogP) is 3.87. The van der Waals surface area contributed by atoms with Gasteiger partial charge in [-0.15, -0.1) is 0 Å². The first-order chi connectivity index (χ1) is 10.1. The summed E-state index contributed by atoms with van der Waals surface area (Å²) in [5, 5.41) is 7.00. The van der Waals surface area contributed by atoms with Gasteiger partial charge >= 0.3 is 0 Å². The summed E-state index contributed by atoms with van der Waals surface area (Å²) in [7, 11) is 0. The maximum absolute atomic E-state index is 12.4. The molecule has 3 rings (SSSR count). The number of aryl methyl sites for hydroxylation is 1. The molecule has 3 nitrogen and oxygen atoms in total. The van der Waals surface area contributed by atoms with Crippen molar-refractivity contribution in [2.45, 2.75) is 13.3 Å². The van der Waals surface area contributed by atoms with Crippen LogP contribution in [0.4, 0.5) is 11.4 Å². The average Bonchev–Trinajstić information content (AvgIpc) is 2.49. The largest absolute Gasteiger partial charge is 0.384 e. The number of para-hydroxylation sites is 1. The van der Waals surface area contributed by atoms with Gasteiger partial charge in [-0.25, -0.2) is 0 Å². The van der Waals surface area contributed by atoms with E-state index in [1.165, 1.54) is 5.56 Å². The second-order valence-corrected chi connectivity index (χ2v) is 5.82. The first-order valence-corrected chi connectivity index (χ1v) is 7.40. The van der Waals surface area contributed by atoms with Crippen LogP contribution in [-0.4, -0.2) is 12.5 Å². The van der Waals surface area contributed by atoms with Crippen molar-refractivity contribution in [2.24, 2.45) is 5.92 Å². The Morgan fingerprint density at radius 1 is 1.29 bits per heavy atom. The number of carbonyl (C=O) groups excluding carboxylic acids is 1. The van der Waals surface area contributed by atoms with Crippen LogP contribution in [0.25, 0.3) is 0 Å². The van der Waals surface area contributed by atoms with Crippen molar-refractivity contribution in [2.75, 3.05) is 17.2 Å². The molecule has 1 heterocycles. The lowest BCUT2D eigenvalue weighted by Crippen LogP contribution is -2.33. The zero-order valence-corrected chi connectivity index (χ0v) is 12.6. The molecule has 2 aromatic rings. The number of benzene rings is 2. The molecule has 1 unspecified atom stereocenters. The van der Waals surface area contributed by atoms with Crippen molar-refractivity contribution in [3.63, 3.8) is 0 Å². The Bertz CT molecular complexity index is 684. The molecule has 108 valence electrons. The second-order valence-electron chi connectivity index (χ2n) is 5.39. The van der Waals surface area contributed by atoms with Crippen LogP contribution >= 0.6 is 11.6 Å². The minimum Gasteiger partial charge on any atom is -0.384 e. The Morgan fingerprint density at radius 2 is 2.10 bits per heavy atom. The van der Waals surface area contributed by atoms with E-state index in [-0.39, 0.29) is 11.8 Å². The average molecular weight is 301 g/mol. The van der Waals surface area contributed by atoms with E-state index >= 15 is 0 Å². The number of fused-ring (bicyclic) bond motifs is 1. The summed E-state index contributed by atoms with van der Waals surface area (Å²) in [5.41, 5.74) is 4.12. The van der Waals surface area contributed by atoms with E-state index in [9.17, 15) is 4.79 Å². The smallest absolute Gasteiger partial charge is 0.229 e. The standard InChI is InChI=1S/C17H17ClN2O/c1-11-8-14(18)6-7-15(11)20-17(21)13-9-12-4-2-3-5-16(12)19-10-13/h2-8,13,19H,9-10H2,1H3,(H,20,21). The van der Waals surface area contributed by atoms with Crippen LogP contribution in [0.15, 0.2) is 42.5 Å². The van der Waals surface area contributed by atoms with Gasteiger partial charge in [0.25, 0.3) is 0 Å². The van der Waals surface area contributed by atoms with E-state index in [1.807, 2.05) is 37.3 Å². The molecule has 0 aromatic heterocycles. The molecule has 21 heavy (non-hydrogen) atoms. The van der Waals surface area contributed by atoms with Crippen molar-refractivity contribution in [1.29, 1.82) is 0 Å². The topological polar surface area (TPSA) is 41.1 Å². The van der Waals surface area contributed by atoms with Gasteiger partial charge in [0, 0.05) is 22.9 Å². The van der Waals surface area contributed by atoms with Crippen molar-refractivity contribution < 1.29 is 4.79 Å². The quantitative estimate of drug-likeness (QED) is 0.884. The molecular weight excluding hydrogens is 284 g/mol. The van der Waals surface area contributed by atoms with Gasteiger partial charge in [0.15, 0.2) is 0 Å². The van der Waals surface area contributed by atoms with E-state index in [1.54, 1.807) is 6.07 Å². The molecular formula is C17H17ClN2O. The van der Waals surface area contributed by atoms with Gasteiger partial charge < -0.3 is 10.6 Å². The Hall–Kier alpha value is -2.00. The molecule has 1 aliphatic rings. The predicted molar refractivity (Wildman–Crippen MR) is 86.9 cm³/mol. The van der Waals surface area contributed by atoms with E-state index < -0.39 is 0 Å². The third kappa shape index (κ3) is 3.03. The van der Waals surface area contributed by atoms with E-state index in [0.29, 0.717) is 11.6 Å². The number of carbonyl (C=O) groups is 1. The molecule has 0 saturated carbocycles. The lowest BCUT2D eigenvalue weighted by Gasteiger charge is -2.25. The number of hydrogen-bond donors (Lipinski definition) is 2. The summed E-state index contributed by atoms with van der Waals surface area (Å²) in [6.45, 7) is 2.60. The fourth-order valence-electron chi connectivity index (χ4n) is 2.63. The van der Waals surface area contributed by atoms with Gasteiger partial charge in [0.05, 0.1) is 5.92 Å². The van der Waals surface area contributed by atoms with Crippen LogP contribution < -0.4 is 10.6 Å². The second kappa shape index (κ2) is 5.78. The van der Waals surface area contributed by atoms with Crippen LogP contribution in [0, 0.1) is 12.8 Å². The van der Waals surface area contributed by atoms with Crippen LogP contribution in [0.5, 0.6) is 0 Å². The lowest BCUT2D eigenvalue weighted by molar-refractivity contribution is -0.119. The van der Waals surface area contributed by atoms with Crippen molar-refractivity contribution >= 4 is 28.9 Å². The zero-order chi connectivity index (χ0) is 14.8. The Balaban J connectivity index is 1.72. The van der Waals surface area contributed by atoms with Crippen LogP contribution in [0.2, 0.25) is 5.02 Å². The lowest BCUT2D eigenvalue weighted by atomic mass is 9.93. The van der Waals surface area contributed by atoms with Gasteiger partial charge in [-0.1, -0.05) is 29.8 Å². The number of hydrogen-bond acceptors (Lipinski definition) is 2. The van der Waals surface area contributed by atoms with E-state index in [2.05, 4.69) is 16.7 Å². The summed E-state index contributed by atoms with van der Waals surface area (Å²) >= 11 is 5.94. The normalized spacial score (nSPS) is 16.8. The minimum atomic E-state index is -0.0602. The maximum Gasteiger partial charge on any atom is 0.229 e. The molecule has 0 saturated heterocycles. The first-order valence-electron chi connectivity index (χ1n) is 7.02. The van der Waals surface area contributed by atoms with Gasteiger partial charge in [-0.3, -0.25) is 4.79 Å². The maximum atomic E-state index is 12.4. The van der Waals surface area contributed by atoms with Gasteiger partial charge in [-0.2, -0.15) is 0 Å². The Labute approximate surface area is 129 Å². The third-order valence-electron chi connectivity index (χ3n) is 3.84. The molecule has 1 amide bonds. The highest BCUT2D eigenvalue weighted by Crippen LogP contribution is 2.26. The number of rotatable bonds is 2. The first kappa shape index (κ1) is 14.0. The minimum absolute atomic E-state index is 0.0439. The van der Waals surface area contributed by atoms with E-state index in [0.717, 1.165) is 23.4 Å². The van der Waals surface area contributed by atoms with Gasteiger partial charge in [0.1, 0.15) is 0 Å². The molecule has 0 spiro atoms. The van der Waals surface area contributed by atoms with Crippen LogP contribution in [-0.2, 0) is 11.2 Å². The molecule has 0 aliphatic carbocycles. The molecule has 4 heteroatoms. The molecule has 0 radical (unpaired) electrons. The van der Waals surface area contributed by atoms with Gasteiger partial charge in [0.2, 0.25) is 5.91 Å². The molecule has 2 N–H and O–H groups in total. The fraction of sp³-hybridized carbons (Fsp3) is 0.235. The van der Waals surface area contributed by atoms with E-state index in [4.69, 9.17) is 11.6 Å². The van der Waals surface area contributed by atoms with Crippen LogP contribution in [0.3, 0.4) is 0 Å². The molecule has 0 fully saturated rings. The molecule has 1 atom stereocenters. The molecule has 2 aromatic carbocycles. The summed E-state index contributed by atoms with van der Waals surface area (Å²) in [6.07, 6.45) is 0.766. The number of halogens is 1. The molecule has 1 aliphatic heterocycles. The zero-order valence-electron chi connectivity index (χ0n) is 11.8. The SMILES string of the molecule is Cc1cc(Cl)ccc1NC(=O)C1CNc2ccccc2C1. The highest BCUT2D eigenvalue weighted by Gasteiger charge is 2.24.